The van der Waals surface area contributed by atoms with Crippen molar-refractivity contribution in [2.75, 3.05) is 6.61 Å². The molecular formula is C33H60O. The van der Waals surface area contributed by atoms with Crippen LogP contribution in [0.3, 0.4) is 0 Å². The van der Waals surface area contributed by atoms with Crippen molar-refractivity contribution < 1.29 is 4.74 Å². The van der Waals surface area contributed by atoms with E-state index in [4.69, 9.17) is 4.74 Å². The quantitative estimate of drug-likeness (QED) is 0.122. The van der Waals surface area contributed by atoms with Crippen LogP contribution >= 0.6 is 0 Å². The van der Waals surface area contributed by atoms with Gasteiger partial charge >= 0.3 is 0 Å². The minimum Gasteiger partial charge on any atom is -0.494 e. The maximum absolute atomic E-state index is 6.04. The Bertz CT molecular complexity index is 523. The number of unbranched alkanes of at least 4 members (excludes halogenated alkanes) is 21. The van der Waals surface area contributed by atoms with Gasteiger partial charge in [-0.25, -0.2) is 0 Å². The molecule has 0 bridgehead atoms. The van der Waals surface area contributed by atoms with Crippen LogP contribution in [0.25, 0.3) is 0 Å². The van der Waals surface area contributed by atoms with Gasteiger partial charge in [0.2, 0.25) is 0 Å². The molecule has 198 valence electrons. The van der Waals surface area contributed by atoms with E-state index in [1.54, 1.807) is 0 Å². The van der Waals surface area contributed by atoms with Crippen LogP contribution in [-0.2, 0) is 6.42 Å². The molecule has 0 heterocycles. The van der Waals surface area contributed by atoms with E-state index < -0.39 is 0 Å². The molecule has 0 N–H and O–H groups in total. The molecule has 1 rings (SSSR count). The summed E-state index contributed by atoms with van der Waals surface area (Å²) in [4.78, 5) is 0. The molecule has 0 aromatic heterocycles. The molecule has 0 aliphatic rings. The number of benzene rings is 1. The molecule has 1 aromatic carbocycles. The number of aryl methyl sites for hydroxylation is 1. The number of ether oxygens (including phenoxy) is 1. The third-order valence-electron chi connectivity index (χ3n) is 7.23. The second kappa shape index (κ2) is 25.1. The summed E-state index contributed by atoms with van der Waals surface area (Å²) in [5.41, 5.74) is 1.45. The second-order valence-corrected chi connectivity index (χ2v) is 10.7. The molecule has 0 spiro atoms. The number of hydrogen-bond acceptors (Lipinski definition) is 1. The SMILES string of the molecule is CCCCCCCCCCCCCCCc1cccc(OCCCCCCCCCCCC)c1. The molecule has 1 heteroatoms. The Hall–Kier alpha value is -0.980. The molecule has 0 saturated carbocycles. The van der Waals surface area contributed by atoms with Gasteiger partial charge in [0.1, 0.15) is 5.75 Å². The third kappa shape index (κ3) is 20.4. The van der Waals surface area contributed by atoms with Gasteiger partial charge in [0, 0.05) is 0 Å². The predicted molar refractivity (Wildman–Crippen MR) is 153 cm³/mol. The van der Waals surface area contributed by atoms with Crippen molar-refractivity contribution in [1.29, 1.82) is 0 Å². The fourth-order valence-corrected chi connectivity index (χ4v) is 4.92. The van der Waals surface area contributed by atoms with Gasteiger partial charge in [-0.2, -0.15) is 0 Å². The summed E-state index contributed by atoms with van der Waals surface area (Å²) in [6.07, 6.45) is 33.5. The van der Waals surface area contributed by atoms with Crippen molar-refractivity contribution in [3.05, 3.63) is 29.8 Å². The van der Waals surface area contributed by atoms with Crippen molar-refractivity contribution in [3.63, 3.8) is 0 Å². The van der Waals surface area contributed by atoms with Crippen molar-refractivity contribution in [2.24, 2.45) is 0 Å². The summed E-state index contributed by atoms with van der Waals surface area (Å²) in [5.74, 6) is 1.07. The van der Waals surface area contributed by atoms with Crippen LogP contribution in [0.4, 0.5) is 0 Å². The van der Waals surface area contributed by atoms with Crippen molar-refractivity contribution in [1.82, 2.24) is 0 Å². The first-order valence-corrected chi connectivity index (χ1v) is 15.6. The van der Waals surface area contributed by atoms with Crippen LogP contribution in [-0.4, -0.2) is 6.61 Å². The Morgan fingerprint density at radius 1 is 0.471 bits per heavy atom. The van der Waals surface area contributed by atoms with Gasteiger partial charge in [0.05, 0.1) is 6.61 Å². The molecule has 0 amide bonds. The maximum Gasteiger partial charge on any atom is 0.119 e. The smallest absolute Gasteiger partial charge is 0.119 e. The molecule has 1 aromatic rings. The monoisotopic (exact) mass is 472 g/mol. The highest BCUT2D eigenvalue weighted by Gasteiger charge is 1.99. The van der Waals surface area contributed by atoms with E-state index in [-0.39, 0.29) is 0 Å². The molecule has 0 atom stereocenters. The van der Waals surface area contributed by atoms with Crippen LogP contribution in [0, 0.1) is 0 Å². The fourth-order valence-electron chi connectivity index (χ4n) is 4.92. The Labute approximate surface area is 214 Å². The van der Waals surface area contributed by atoms with E-state index >= 15 is 0 Å². The largest absolute Gasteiger partial charge is 0.494 e. The van der Waals surface area contributed by atoms with E-state index in [1.165, 1.54) is 160 Å². The van der Waals surface area contributed by atoms with Crippen molar-refractivity contribution in [2.45, 2.75) is 168 Å². The Balaban J connectivity index is 1.91. The minimum atomic E-state index is 0.874. The van der Waals surface area contributed by atoms with Gasteiger partial charge in [0.15, 0.2) is 0 Å². The van der Waals surface area contributed by atoms with Crippen molar-refractivity contribution >= 4 is 0 Å². The molecular weight excluding hydrogens is 412 g/mol. The topological polar surface area (TPSA) is 9.23 Å². The highest BCUT2D eigenvalue weighted by molar-refractivity contribution is 5.28. The zero-order valence-corrected chi connectivity index (χ0v) is 23.4. The standard InChI is InChI=1S/C33H60O/c1-3-5-7-9-11-13-15-16-17-18-20-22-24-27-32-28-26-29-33(31-32)34-30-25-23-21-19-14-12-10-8-6-4-2/h26,28-29,31H,3-25,27,30H2,1-2H3. The predicted octanol–water partition coefficient (Wildman–Crippen LogP) is 11.6. The Kier molecular flexibility index (Phi) is 22.9. The molecule has 0 unspecified atom stereocenters. The minimum absolute atomic E-state index is 0.874. The molecule has 1 nitrogen and oxygen atoms in total. The van der Waals surface area contributed by atoms with E-state index in [0.29, 0.717) is 0 Å². The lowest BCUT2D eigenvalue weighted by Crippen LogP contribution is -1.98. The molecule has 0 aliphatic carbocycles. The average molecular weight is 473 g/mol. The van der Waals surface area contributed by atoms with Gasteiger partial charge in [0.25, 0.3) is 0 Å². The van der Waals surface area contributed by atoms with Crippen molar-refractivity contribution in [3.8, 4) is 5.75 Å². The van der Waals surface area contributed by atoms with Crippen LogP contribution in [0.15, 0.2) is 24.3 Å². The Morgan fingerprint density at radius 3 is 1.35 bits per heavy atom. The van der Waals surface area contributed by atoms with E-state index in [9.17, 15) is 0 Å². The first-order chi connectivity index (χ1) is 16.9. The van der Waals surface area contributed by atoms with Gasteiger partial charge in [-0.05, 0) is 37.0 Å². The summed E-state index contributed by atoms with van der Waals surface area (Å²) in [7, 11) is 0. The Morgan fingerprint density at radius 2 is 0.882 bits per heavy atom. The molecule has 0 saturated heterocycles. The van der Waals surface area contributed by atoms with Gasteiger partial charge in [-0.15, -0.1) is 0 Å². The van der Waals surface area contributed by atoms with E-state index in [1.807, 2.05) is 0 Å². The van der Waals surface area contributed by atoms with Crippen LogP contribution in [0.2, 0.25) is 0 Å². The lowest BCUT2D eigenvalue weighted by molar-refractivity contribution is 0.304. The highest BCUT2D eigenvalue weighted by Crippen LogP contribution is 2.18. The summed E-state index contributed by atoms with van der Waals surface area (Å²) < 4.78 is 6.04. The van der Waals surface area contributed by atoms with Crippen LogP contribution in [0.1, 0.15) is 167 Å². The first kappa shape index (κ1) is 31.1. The molecule has 0 radical (unpaired) electrons. The number of hydrogen-bond donors (Lipinski definition) is 0. The fraction of sp³-hybridized carbons (Fsp3) is 0.818. The molecule has 0 aliphatic heterocycles. The zero-order chi connectivity index (χ0) is 24.4. The maximum atomic E-state index is 6.04. The lowest BCUT2D eigenvalue weighted by Gasteiger charge is -2.08. The molecule has 34 heavy (non-hydrogen) atoms. The summed E-state index contributed by atoms with van der Waals surface area (Å²) in [5, 5.41) is 0. The summed E-state index contributed by atoms with van der Waals surface area (Å²) >= 11 is 0. The van der Waals surface area contributed by atoms with Gasteiger partial charge in [-0.3, -0.25) is 0 Å². The third-order valence-corrected chi connectivity index (χ3v) is 7.23. The highest BCUT2D eigenvalue weighted by atomic mass is 16.5. The summed E-state index contributed by atoms with van der Waals surface area (Å²) in [6, 6.07) is 8.85. The van der Waals surface area contributed by atoms with E-state index in [0.717, 1.165) is 12.4 Å². The normalized spacial score (nSPS) is 11.2. The average Bonchev–Trinajstić information content (AvgIpc) is 2.85. The van der Waals surface area contributed by atoms with Crippen LogP contribution in [0.5, 0.6) is 5.75 Å². The second-order valence-electron chi connectivity index (χ2n) is 10.7. The lowest BCUT2D eigenvalue weighted by atomic mass is 10.0. The van der Waals surface area contributed by atoms with Gasteiger partial charge < -0.3 is 4.74 Å². The first-order valence-electron chi connectivity index (χ1n) is 15.6. The summed E-state index contributed by atoms with van der Waals surface area (Å²) in [6.45, 7) is 5.46. The van der Waals surface area contributed by atoms with E-state index in [2.05, 4.69) is 38.1 Å². The van der Waals surface area contributed by atoms with Crippen LogP contribution < -0.4 is 4.74 Å². The molecule has 0 fully saturated rings. The zero-order valence-electron chi connectivity index (χ0n) is 23.4. The number of rotatable bonds is 26. The van der Waals surface area contributed by atoms with Gasteiger partial charge in [-0.1, -0.05) is 161 Å².